The van der Waals surface area contributed by atoms with Gasteiger partial charge in [-0.15, -0.1) is 0 Å². The molecule has 2 heteroatoms. The van der Waals surface area contributed by atoms with Crippen LogP contribution in [0.5, 0.6) is 0 Å². The minimum absolute atomic E-state index is 0.870. The molecule has 7 aromatic carbocycles. The lowest BCUT2D eigenvalue weighted by Crippen LogP contribution is -1.84. The Labute approximate surface area is 242 Å². The maximum atomic E-state index is 6.78. The fourth-order valence-corrected chi connectivity index (χ4v) is 6.78. The van der Waals surface area contributed by atoms with Gasteiger partial charge in [0.15, 0.2) is 0 Å². The monoisotopic (exact) mass is 538 g/mol. The summed E-state index contributed by atoms with van der Waals surface area (Å²) in [4.78, 5) is 0. The number of furan rings is 2. The lowest BCUT2D eigenvalue weighted by Gasteiger charge is -2.09. The van der Waals surface area contributed by atoms with Crippen molar-refractivity contribution in [2.24, 2.45) is 0 Å². The normalized spacial score (nSPS) is 12.0. The number of benzene rings is 7. The first-order valence-corrected chi connectivity index (χ1v) is 14.4. The molecule has 9 rings (SSSR count). The van der Waals surface area contributed by atoms with Crippen molar-refractivity contribution in [1.82, 2.24) is 0 Å². The Hall–Kier alpha value is -5.34. The summed E-state index contributed by atoms with van der Waals surface area (Å²) in [6.45, 7) is 4.29. The SMILES string of the molecule is Cc1ccc2c(-c3ccccc3)c3oc4cc5c(cc4c3cc2c1)oc1c(-c2ccccc2)c2ccc(C)cc2cc15. The third-order valence-corrected chi connectivity index (χ3v) is 8.71. The highest BCUT2D eigenvalue weighted by atomic mass is 16.3. The average molecular weight is 539 g/mol. The maximum Gasteiger partial charge on any atom is 0.143 e. The molecule has 0 radical (unpaired) electrons. The van der Waals surface area contributed by atoms with Gasteiger partial charge in [0.2, 0.25) is 0 Å². The standard InChI is InChI=1S/C40H26O2/c1-23-13-15-29-27(17-23)19-33-31-21-36-32(22-35(31)41-39(33)37(29)25-9-5-3-6-10-25)34-20-28-18-24(2)14-16-30(28)38(40(34)42-36)26-11-7-4-8-12-26/h3-22H,1-2H3. The van der Waals surface area contributed by atoms with E-state index in [1.54, 1.807) is 0 Å². The lowest BCUT2D eigenvalue weighted by atomic mass is 9.93. The van der Waals surface area contributed by atoms with E-state index in [9.17, 15) is 0 Å². The highest BCUT2D eigenvalue weighted by molar-refractivity contribution is 6.23. The Kier molecular flexibility index (Phi) is 4.77. The molecule has 0 aliphatic heterocycles. The maximum absolute atomic E-state index is 6.78. The van der Waals surface area contributed by atoms with Crippen LogP contribution in [0, 0.1) is 13.8 Å². The van der Waals surface area contributed by atoms with E-state index in [0.29, 0.717) is 0 Å². The van der Waals surface area contributed by atoms with Gasteiger partial charge >= 0.3 is 0 Å². The van der Waals surface area contributed by atoms with Crippen LogP contribution < -0.4 is 0 Å². The van der Waals surface area contributed by atoms with E-state index >= 15 is 0 Å². The van der Waals surface area contributed by atoms with E-state index in [1.807, 2.05) is 0 Å². The summed E-state index contributed by atoms with van der Waals surface area (Å²) < 4.78 is 13.6. The predicted molar refractivity (Wildman–Crippen MR) is 176 cm³/mol. The van der Waals surface area contributed by atoms with Gasteiger partial charge in [-0.25, -0.2) is 0 Å². The zero-order valence-corrected chi connectivity index (χ0v) is 23.4. The van der Waals surface area contributed by atoms with Gasteiger partial charge in [0.1, 0.15) is 22.3 Å². The van der Waals surface area contributed by atoms with Crippen LogP contribution in [-0.4, -0.2) is 0 Å². The molecule has 2 nitrogen and oxygen atoms in total. The van der Waals surface area contributed by atoms with Crippen LogP contribution in [0.4, 0.5) is 0 Å². The zero-order chi connectivity index (χ0) is 27.9. The Morgan fingerprint density at radius 3 is 1.24 bits per heavy atom. The summed E-state index contributed by atoms with van der Waals surface area (Å²) >= 11 is 0. The van der Waals surface area contributed by atoms with Crippen molar-refractivity contribution in [1.29, 1.82) is 0 Å². The third-order valence-electron chi connectivity index (χ3n) is 8.71. The van der Waals surface area contributed by atoms with Gasteiger partial charge in [0.05, 0.1) is 0 Å². The number of aryl methyl sites for hydroxylation is 2. The van der Waals surface area contributed by atoms with Gasteiger partial charge in [-0.3, -0.25) is 0 Å². The summed E-state index contributed by atoms with van der Waals surface area (Å²) in [6, 6.07) is 43.4. The van der Waals surface area contributed by atoms with Crippen molar-refractivity contribution in [3.8, 4) is 22.3 Å². The highest BCUT2D eigenvalue weighted by Crippen LogP contribution is 2.46. The van der Waals surface area contributed by atoms with Crippen molar-refractivity contribution in [2.75, 3.05) is 0 Å². The summed E-state index contributed by atoms with van der Waals surface area (Å²) in [5.41, 5.74) is 10.6. The Bertz CT molecular complexity index is 2330. The van der Waals surface area contributed by atoms with E-state index in [1.165, 1.54) is 32.7 Å². The smallest absolute Gasteiger partial charge is 0.143 e. The molecule has 9 aromatic rings. The first-order chi connectivity index (χ1) is 20.6. The first-order valence-electron chi connectivity index (χ1n) is 14.4. The van der Waals surface area contributed by atoms with Crippen molar-refractivity contribution in [3.63, 3.8) is 0 Å². The Morgan fingerprint density at radius 1 is 0.381 bits per heavy atom. The highest BCUT2D eigenvalue weighted by Gasteiger charge is 2.21. The van der Waals surface area contributed by atoms with Crippen molar-refractivity contribution in [3.05, 3.63) is 132 Å². The predicted octanol–water partition coefficient (Wildman–Crippen LogP) is 11.7. The van der Waals surface area contributed by atoms with Gasteiger partial charge in [0.25, 0.3) is 0 Å². The van der Waals surface area contributed by atoms with Gasteiger partial charge in [0, 0.05) is 32.7 Å². The molecule has 42 heavy (non-hydrogen) atoms. The van der Waals surface area contributed by atoms with E-state index in [0.717, 1.165) is 66.1 Å². The molecule has 0 unspecified atom stereocenters. The number of hydrogen-bond acceptors (Lipinski definition) is 2. The van der Waals surface area contributed by atoms with Crippen LogP contribution in [0.2, 0.25) is 0 Å². The van der Waals surface area contributed by atoms with Gasteiger partial charge < -0.3 is 8.83 Å². The van der Waals surface area contributed by atoms with Crippen LogP contribution in [0.15, 0.2) is 130 Å². The molecule has 0 fully saturated rings. The van der Waals surface area contributed by atoms with Gasteiger partial charge in [-0.1, -0.05) is 108 Å². The summed E-state index contributed by atoms with van der Waals surface area (Å²) in [5, 5.41) is 9.16. The summed E-state index contributed by atoms with van der Waals surface area (Å²) in [7, 11) is 0. The molecule has 0 amide bonds. The molecule has 0 saturated carbocycles. The van der Waals surface area contributed by atoms with Crippen molar-refractivity contribution < 1.29 is 8.83 Å². The lowest BCUT2D eigenvalue weighted by molar-refractivity contribution is 0.665. The minimum Gasteiger partial charge on any atom is -0.455 e. The molecule has 0 spiro atoms. The number of rotatable bonds is 2. The largest absolute Gasteiger partial charge is 0.455 e. The summed E-state index contributed by atoms with van der Waals surface area (Å²) in [6.07, 6.45) is 0. The number of fused-ring (bicyclic) bond motifs is 8. The van der Waals surface area contributed by atoms with Gasteiger partial charge in [-0.2, -0.15) is 0 Å². The molecule has 0 atom stereocenters. The Balaban J connectivity index is 1.42. The van der Waals surface area contributed by atoms with Gasteiger partial charge in [-0.05, 0) is 70.8 Å². The molecule has 2 heterocycles. The quantitative estimate of drug-likeness (QED) is 0.219. The zero-order valence-electron chi connectivity index (χ0n) is 23.4. The van der Waals surface area contributed by atoms with Crippen LogP contribution in [0.1, 0.15) is 11.1 Å². The third kappa shape index (κ3) is 3.33. The fraction of sp³-hybridized carbons (Fsp3) is 0.0500. The van der Waals surface area contributed by atoms with E-state index in [-0.39, 0.29) is 0 Å². The molecule has 2 aromatic heterocycles. The minimum atomic E-state index is 0.870. The molecular formula is C40H26O2. The average Bonchev–Trinajstić information content (AvgIpc) is 3.55. The van der Waals surface area contributed by atoms with Crippen LogP contribution in [0.25, 0.3) is 87.7 Å². The fourth-order valence-electron chi connectivity index (χ4n) is 6.78. The van der Waals surface area contributed by atoms with E-state index < -0.39 is 0 Å². The number of hydrogen-bond donors (Lipinski definition) is 0. The molecule has 0 aliphatic carbocycles. The second-order valence-corrected chi connectivity index (χ2v) is 11.5. The second-order valence-electron chi connectivity index (χ2n) is 11.5. The summed E-state index contributed by atoms with van der Waals surface area (Å²) in [5.74, 6) is 0. The molecule has 0 aliphatic rings. The second kappa shape index (κ2) is 8.58. The molecular weight excluding hydrogens is 512 g/mol. The molecule has 0 saturated heterocycles. The molecule has 198 valence electrons. The van der Waals surface area contributed by atoms with Crippen molar-refractivity contribution >= 4 is 65.4 Å². The van der Waals surface area contributed by atoms with Crippen LogP contribution in [-0.2, 0) is 0 Å². The van der Waals surface area contributed by atoms with E-state index in [2.05, 4.69) is 135 Å². The molecule has 0 N–H and O–H groups in total. The van der Waals surface area contributed by atoms with Crippen LogP contribution in [0.3, 0.4) is 0 Å². The van der Waals surface area contributed by atoms with Crippen molar-refractivity contribution in [2.45, 2.75) is 13.8 Å². The Morgan fingerprint density at radius 2 is 0.810 bits per heavy atom. The topological polar surface area (TPSA) is 26.3 Å². The van der Waals surface area contributed by atoms with Crippen LogP contribution >= 0.6 is 0 Å². The van der Waals surface area contributed by atoms with E-state index in [4.69, 9.17) is 8.83 Å². The first kappa shape index (κ1) is 23.4. The molecule has 0 bridgehead atoms.